The first kappa shape index (κ1) is 108. The maximum absolute atomic E-state index is 10.7. The molecular formula is C72H76B8F8O16Ti7. The molecule has 0 radical (unpaired) electrons. The maximum Gasteiger partial charge on any atom is 0.398 e. The van der Waals surface area contributed by atoms with Crippen molar-refractivity contribution in [2.24, 2.45) is 0 Å². The van der Waals surface area contributed by atoms with Gasteiger partial charge in [-0.2, -0.15) is 0 Å². The van der Waals surface area contributed by atoms with Crippen molar-refractivity contribution in [3.8, 4) is 0 Å². The van der Waals surface area contributed by atoms with Crippen LogP contribution in [0.2, 0.25) is 0 Å². The molecule has 14 aliphatic rings. The molecule has 568 valence electrons. The van der Waals surface area contributed by atoms with E-state index in [1.165, 1.54) is 89.9 Å². The minimum absolute atomic E-state index is 0.0833. The Balaban J connectivity index is 0.00000119. The average Bonchev–Trinajstić information content (AvgIpc) is 1.85. The SMILES string of the molecule is C1=CC[C]([Ti+2][C]2=CC=CC2)=C1.C1=CC[C]([Ti+2][C]2=CC=CC2)=C1.C1=CC[C]([Ti+2][C]2=CC=CC2)=C1.C1=CC[C]([Ti+2][C]2=CC=CC2)=C1.C1=CC[C]([Ti+2][C]2=CC=CC2)=C1.C1=CC[C]([Ti+2][C]2=CC=CC2)=C1.C1=CC[C]([Ti+2][C]2=CC=CC2)=C1.COB([O-])F.COB([O-])F.[O-]B([O-])F.[O-]B([O-])F.[O-]B([O-])F.[O-]B([O-])F.[O-]B([O-])F.[O-]B([O-])F. The molecule has 0 aromatic rings. The molecule has 0 bridgehead atoms. The number of hydrogen-bond donors (Lipinski definition) is 0. The molecule has 0 fully saturated rings. The van der Waals surface area contributed by atoms with E-state index >= 15 is 0 Å². The zero-order chi connectivity index (χ0) is 82.7. The summed E-state index contributed by atoms with van der Waals surface area (Å²) in [4.78, 5) is 0. The molecule has 39 heteroatoms. The monoisotopic (exact) mass is 1770 g/mol. The van der Waals surface area contributed by atoms with Crippen LogP contribution in [-0.4, -0.2) is 73.4 Å². The first-order chi connectivity index (χ1) is 53.1. The van der Waals surface area contributed by atoms with Gasteiger partial charge in [0, 0.05) is 14.2 Å². The van der Waals surface area contributed by atoms with E-state index < -0.39 is 59.2 Å². The van der Waals surface area contributed by atoms with Crippen LogP contribution in [0.15, 0.2) is 309 Å². The third kappa shape index (κ3) is 73.2. The quantitative estimate of drug-likeness (QED) is 0.158. The summed E-state index contributed by atoms with van der Waals surface area (Å²) in [7, 11) is -21.7. The zero-order valence-electron chi connectivity index (χ0n) is 60.8. The van der Waals surface area contributed by atoms with Crippen LogP contribution >= 0.6 is 0 Å². The fourth-order valence-corrected chi connectivity index (χ4v) is 22.2. The second-order valence-electron chi connectivity index (χ2n) is 22.1. The van der Waals surface area contributed by atoms with Gasteiger partial charge in [-0.05, 0) is 0 Å². The van der Waals surface area contributed by atoms with Gasteiger partial charge in [0.1, 0.15) is 44.4 Å². The van der Waals surface area contributed by atoms with Crippen molar-refractivity contribution < 1.29 is 248 Å². The first-order valence-corrected chi connectivity index (χ1v) is 44.8. The van der Waals surface area contributed by atoms with Gasteiger partial charge in [-0.15, -0.1) is 0 Å². The van der Waals surface area contributed by atoms with Crippen LogP contribution in [0.25, 0.3) is 0 Å². The molecule has 0 amide bonds. The Kier molecular flexibility index (Phi) is 71.5. The molecule has 0 aliphatic heterocycles. The number of hydrogen-bond acceptors (Lipinski definition) is 16. The Bertz CT molecular complexity index is 2780. The van der Waals surface area contributed by atoms with Crippen molar-refractivity contribution in [2.75, 3.05) is 14.2 Å². The predicted octanol–water partition coefficient (Wildman–Crippen LogP) is 3.16. The van der Waals surface area contributed by atoms with Crippen LogP contribution < -0.4 is 70.3 Å². The molecule has 0 aromatic heterocycles. The van der Waals surface area contributed by atoms with E-state index in [2.05, 4.69) is 265 Å². The van der Waals surface area contributed by atoms with Crippen molar-refractivity contribution >= 4 is 59.2 Å². The third-order valence-corrected chi connectivity index (χ3v) is 28.5. The first-order valence-electron chi connectivity index (χ1n) is 33.9. The molecule has 111 heavy (non-hydrogen) atoms. The summed E-state index contributed by atoms with van der Waals surface area (Å²) < 4.78 is 111. The van der Waals surface area contributed by atoms with Crippen molar-refractivity contribution in [1.29, 1.82) is 0 Å². The molecule has 0 N–H and O–H groups in total. The molecule has 0 spiro atoms. The van der Waals surface area contributed by atoms with Crippen molar-refractivity contribution in [2.45, 2.75) is 89.9 Å². The third-order valence-electron chi connectivity index (χ3n) is 13.4. The molecule has 0 atom stereocenters. The molecule has 0 saturated carbocycles. The van der Waals surface area contributed by atoms with Gasteiger partial charge in [0.15, 0.2) is 0 Å². The molecule has 14 aliphatic carbocycles. The Morgan fingerprint density at radius 1 is 0.189 bits per heavy atom. The zero-order valence-corrected chi connectivity index (χ0v) is 71.8. The summed E-state index contributed by atoms with van der Waals surface area (Å²) >= 11 is 0.583. The number of rotatable bonds is 16. The van der Waals surface area contributed by atoms with E-state index in [9.17, 15) is 34.5 Å². The van der Waals surface area contributed by atoms with E-state index in [4.69, 9.17) is 70.3 Å². The summed E-state index contributed by atoms with van der Waals surface area (Å²) in [6.45, 7) is 0. The Hall–Kier alpha value is -2.96. The van der Waals surface area contributed by atoms with Crippen LogP contribution in [0.5, 0.6) is 0 Å². The van der Waals surface area contributed by atoms with Crippen molar-refractivity contribution in [3.63, 3.8) is 0 Å². The van der Waals surface area contributed by atoms with Gasteiger partial charge in [-0.25, -0.2) is 0 Å². The second kappa shape index (κ2) is 73.4. The van der Waals surface area contributed by atoms with Crippen LogP contribution in [0.1, 0.15) is 89.9 Å². The van der Waals surface area contributed by atoms with Gasteiger partial charge in [0.05, 0.1) is 0 Å². The smallest absolute Gasteiger partial charge is 0.398 e. The standard InChI is InChI=1S/14C5H5.2CH3BFO2.6BFO2.7Ti/c14*1-2-4-5-3-1;2*1-5-2(3)4;6*2-1(3)4;;;;;;;/h14*1-3H,4H2;2*1H3;;;;;;;;;;;;;/q;;;;;;;;;;;;;;2*-1;6*-2;7*+2. The molecule has 0 aromatic carbocycles. The van der Waals surface area contributed by atoms with E-state index in [1.807, 2.05) is 0 Å². The van der Waals surface area contributed by atoms with E-state index in [1.54, 1.807) is 54.3 Å². The van der Waals surface area contributed by atoms with Gasteiger partial charge in [0.25, 0.3) is 0 Å². The Labute approximate surface area is 713 Å². The van der Waals surface area contributed by atoms with Gasteiger partial charge in [0.2, 0.25) is 0 Å². The maximum atomic E-state index is 10.7. The fraction of sp³-hybridized carbons (Fsp3) is 0.222. The van der Waals surface area contributed by atoms with E-state index in [0.29, 0.717) is 0 Å². The molecule has 16 nitrogen and oxygen atoms in total. The summed E-state index contributed by atoms with van der Waals surface area (Å²) in [6.07, 6.45) is 111. The predicted molar refractivity (Wildman–Crippen MR) is 375 cm³/mol. The summed E-state index contributed by atoms with van der Waals surface area (Å²) in [5.74, 6) is 0. The van der Waals surface area contributed by atoms with Gasteiger partial charge >= 0.3 is 548 Å². The van der Waals surface area contributed by atoms with Crippen LogP contribution in [-0.2, 0) is 143 Å². The fourth-order valence-electron chi connectivity index (χ4n) is 9.00. The van der Waals surface area contributed by atoms with E-state index in [0.717, 1.165) is 14.2 Å². The summed E-state index contributed by atoms with van der Waals surface area (Å²) in [5.41, 5.74) is 0. The normalized spacial score (nSPS) is 16.0. The molecule has 0 heterocycles. The average molecular weight is 1770 g/mol. The van der Waals surface area contributed by atoms with Gasteiger partial charge in [-0.3, -0.25) is 0 Å². The van der Waals surface area contributed by atoms with Crippen LogP contribution in [0.4, 0.5) is 34.5 Å². The number of halogens is 8. The number of allylic oxidation sites excluding steroid dienone is 56. The topological polar surface area (TPSA) is 341 Å². The summed E-state index contributed by atoms with van der Waals surface area (Å²) in [5, 5.41) is 118. The minimum atomic E-state index is -3.17. The molecule has 0 saturated heterocycles. The minimum Gasteiger partial charge on any atom is -0.867 e. The summed E-state index contributed by atoms with van der Waals surface area (Å²) in [6, 6.07) is 0. The largest absolute Gasteiger partial charge is 0.867 e. The molecular weight excluding hydrogens is 1690 g/mol. The second-order valence-corrected chi connectivity index (χ2v) is 38.9. The van der Waals surface area contributed by atoms with Gasteiger partial charge in [-0.1, -0.05) is 0 Å². The van der Waals surface area contributed by atoms with Crippen LogP contribution in [0, 0.1) is 0 Å². The van der Waals surface area contributed by atoms with Crippen molar-refractivity contribution in [1.82, 2.24) is 0 Å². The molecule has 14 rings (SSSR count). The van der Waals surface area contributed by atoms with Crippen molar-refractivity contribution in [3.05, 3.63) is 309 Å². The van der Waals surface area contributed by atoms with Crippen LogP contribution in [0.3, 0.4) is 0 Å². The molecule has 0 unspecified atom stereocenters. The Morgan fingerprint density at radius 3 is 0.288 bits per heavy atom. The Morgan fingerprint density at radius 2 is 0.252 bits per heavy atom. The van der Waals surface area contributed by atoms with E-state index in [-0.39, 0.29) is 134 Å². The van der Waals surface area contributed by atoms with Gasteiger partial charge < -0.3 is 114 Å².